The van der Waals surface area contributed by atoms with Crippen LogP contribution >= 0.6 is 23.2 Å². The number of ether oxygens (including phenoxy) is 1. The standard InChI is InChI=1S/C20H17Cl2N3O2/c21-17-4-1-5-18(19(17)22)27-13-14-6-8-16(9-7-14)25-20(26)24-12-15-3-2-10-23-11-15/h1-11H,12-13H2,(H2,24,25,26). The molecule has 0 aliphatic rings. The lowest BCUT2D eigenvalue weighted by molar-refractivity contribution is 0.251. The maximum atomic E-state index is 12.0. The van der Waals surface area contributed by atoms with E-state index in [-0.39, 0.29) is 6.03 Å². The molecule has 0 fully saturated rings. The summed E-state index contributed by atoms with van der Waals surface area (Å²) >= 11 is 12.1. The third kappa shape index (κ3) is 5.61. The number of hydrogen-bond acceptors (Lipinski definition) is 3. The highest BCUT2D eigenvalue weighted by Gasteiger charge is 2.06. The van der Waals surface area contributed by atoms with Gasteiger partial charge in [-0.2, -0.15) is 0 Å². The number of urea groups is 1. The lowest BCUT2D eigenvalue weighted by Crippen LogP contribution is -2.28. The van der Waals surface area contributed by atoms with Crippen molar-refractivity contribution in [3.63, 3.8) is 0 Å². The summed E-state index contributed by atoms with van der Waals surface area (Å²) in [5.74, 6) is 0.529. The summed E-state index contributed by atoms with van der Waals surface area (Å²) in [5.41, 5.74) is 2.55. The largest absolute Gasteiger partial charge is 0.487 e. The molecule has 1 aromatic heterocycles. The molecular weight excluding hydrogens is 385 g/mol. The molecule has 5 nitrogen and oxygen atoms in total. The van der Waals surface area contributed by atoms with Crippen LogP contribution in [0.15, 0.2) is 67.0 Å². The molecule has 0 unspecified atom stereocenters. The fourth-order valence-corrected chi connectivity index (χ4v) is 2.65. The van der Waals surface area contributed by atoms with Gasteiger partial charge >= 0.3 is 6.03 Å². The molecule has 27 heavy (non-hydrogen) atoms. The van der Waals surface area contributed by atoms with E-state index in [0.29, 0.717) is 34.6 Å². The quantitative estimate of drug-likeness (QED) is 0.589. The van der Waals surface area contributed by atoms with E-state index in [1.54, 1.807) is 30.6 Å². The second-order valence-corrected chi connectivity index (χ2v) is 6.49. The highest BCUT2D eigenvalue weighted by Crippen LogP contribution is 2.31. The van der Waals surface area contributed by atoms with E-state index in [4.69, 9.17) is 27.9 Å². The zero-order valence-corrected chi connectivity index (χ0v) is 15.8. The Labute approximate surface area is 167 Å². The molecule has 2 N–H and O–H groups in total. The van der Waals surface area contributed by atoms with Gasteiger partial charge in [-0.15, -0.1) is 0 Å². The molecule has 2 aromatic carbocycles. The molecule has 0 saturated carbocycles. The van der Waals surface area contributed by atoms with E-state index < -0.39 is 0 Å². The van der Waals surface area contributed by atoms with E-state index >= 15 is 0 Å². The number of amides is 2. The summed E-state index contributed by atoms with van der Waals surface area (Å²) in [6, 6.07) is 16.0. The molecule has 7 heteroatoms. The van der Waals surface area contributed by atoms with Gasteiger partial charge in [-0.05, 0) is 41.5 Å². The minimum absolute atomic E-state index is 0.284. The Morgan fingerprint density at radius 1 is 1.00 bits per heavy atom. The maximum absolute atomic E-state index is 12.0. The first-order chi connectivity index (χ1) is 13.1. The first-order valence-corrected chi connectivity index (χ1v) is 8.97. The number of carbonyl (C=O) groups is 1. The summed E-state index contributed by atoms with van der Waals surface area (Å²) in [6.45, 7) is 0.750. The van der Waals surface area contributed by atoms with Gasteiger partial charge in [0, 0.05) is 24.6 Å². The molecule has 2 amide bonds. The van der Waals surface area contributed by atoms with E-state index in [1.807, 2.05) is 36.4 Å². The number of hydrogen-bond donors (Lipinski definition) is 2. The highest BCUT2D eigenvalue weighted by molar-refractivity contribution is 6.42. The minimum Gasteiger partial charge on any atom is -0.487 e. The average molecular weight is 402 g/mol. The maximum Gasteiger partial charge on any atom is 0.319 e. The normalized spacial score (nSPS) is 10.3. The zero-order valence-electron chi connectivity index (χ0n) is 14.3. The van der Waals surface area contributed by atoms with Crippen molar-refractivity contribution in [3.8, 4) is 5.75 Å². The van der Waals surface area contributed by atoms with Crippen LogP contribution in [0.5, 0.6) is 5.75 Å². The highest BCUT2D eigenvalue weighted by atomic mass is 35.5. The molecule has 0 saturated heterocycles. The van der Waals surface area contributed by atoms with Gasteiger partial charge < -0.3 is 15.4 Å². The summed E-state index contributed by atoms with van der Waals surface area (Å²) in [4.78, 5) is 16.0. The smallest absolute Gasteiger partial charge is 0.319 e. The fourth-order valence-electron chi connectivity index (χ4n) is 2.30. The number of halogens is 2. The van der Waals surface area contributed by atoms with Crippen molar-refractivity contribution in [2.75, 3.05) is 5.32 Å². The van der Waals surface area contributed by atoms with Crippen LogP contribution in [0.4, 0.5) is 10.5 Å². The molecule has 1 heterocycles. The number of anilines is 1. The third-order valence-corrected chi connectivity index (χ3v) is 4.50. The summed E-state index contributed by atoms with van der Waals surface area (Å²) in [7, 11) is 0. The number of pyridine rings is 1. The Bertz CT molecular complexity index is 903. The van der Waals surface area contributed by atoms with Crippen LogP contribution in [-0.2, 0) is 13.2 Å². The van der Waals surface area contributed by atoms with Crippen LogP contribution in [0.25, 0.3) is 0 Å². The molecule has 0 bridgehead atoms. The summed E-state index contributed by atoms with van der Waals surface area (Å²) in [5, 5.41) is 6.40. The SMILES string of the molecule is O=C(NCc1cccnc1)Nc1ccc(COc2cccc(Cl)c2Cl)cc1. The molecule has 3 aromatic rings. The van der Waals surface area contributed by atoms with Gasteiger partial charge in [0.25, 0.3) is 0 Å². The molecule has 0 spiro atoms. The van der Waals surface area contributed by atoms with Crippen molar-refractivity contribution >= 4 is 34.9 Å². The molecular formula is C20H17Cl2N3O2. The number of aromatic nitrogens is 1. The van der Waals surface area contributed by atoms with Gasteiger partial charge in [0.1, 0.15) is 17.4 Å². The average Bonchev–Trinajstić information content (AvgIpc) is 2.69. The van der Waals surface area contributed by atoms with Crippen LogP contribution in [0.2, 0.25) is 10.0 Å². The monoisotopic (exact) mass is 401 g/mol. The van der Waals surface area contributed by atoms with Crippen molar-refractivity contribution in [2.24, 2.45) is 0 Å². The Morgan fingerprint density at radius 2 is 1.81 bits per heavy atom. The molecule has 0 aliphatic heterocycles. The number of nitrogens with zero attached hydrogens (tertiary/aromatic N) is 1. The molecule has 0 radical (unpaired) electrons. The Hall–Kier alpha value is -2.76. The van der Waals surface area contributed by atoms with Crippen LogP contribution in [0, 0.1) is 0 Å². The third-order valence-electron chi connectivity index (χ3n) is 3.70. The lowest BCUT2D eigenvalue weighted by Gasteiger charge is -2.10. The van der Waals surface area contributed by atoms with Gasteiger partial charge in [-0.25, -0.2) is 4.79 Å². The molecule has 0 aliphatic carbocycles. The summed E-state index contributed by atoms with van der Waals surface area (Å²) in [6.07, 6.45) is 3.40. The van der Waals surface area contributed by atoms with Crippen molar-refractivity contribution in [1.82, 2.24) is 10.3 Å². The Balaban J connectivity index is 1.49. The topological polar surface area (TPSA) is 63.2 Å². The van der Waals surface area contributed by atoms with Crippen LogP contribution in [0.3, 0.4) is 0 Å². The number of carbonyl (C=O) groups excluding carboxylic acids is 1. The van der Waals surface area contributed by atoms with Crippen LogP contribution < -0.4 is 15.4 Å². The fraction of sp³-hybridized carbons (Fsp3) is 0.100. The number of nitrogens with one attached hydrogen (secondary N) is 2. The van der Waals surface area contributed by atoms with Crippen LogP contribution in [-0.4, -0.2) is 11.0 Å². The van der Waals surface area contributed by atoms with E-state index in [1.165, 1.54) is 0 Å². The lowest BCUT2D eigenvalue weighted by atomic mass is 10.2. The molecule has 138 valence electrons. The van der Waals surface area contributed by atoms with Gasteiger partial charge in [0.15, 0.2) is 0 Å². The predicted molar refractivity (Wildman–Crippen MR) is 107 cm³/mol. The van der Waals surface area contributed by atoms with Crippen molar-refractivity contribution in [3.05, 3.63) is 88.2 Å². The van der Waals surface area contributed by atoms with E-state index in [9.17, 15) is 4.79 Å². The van der Waals surface area contributed by atoms with E-state index in [0.717, 1.165) is 11.1 Å². The second kappa shape index (κ2) is 9.26. The second-order valence-electron chi connectivity index (χ2n) is 5.71. The summed E-state index contributed by atoms with van der Waals surface area (Å²) < 4.78 is 5.69. The Morgan fingerprint density at radius 3 is 2.56 bits per heavy atom. The zero-order chi connectivity index (χ0) is 19.1. The predicted octanol–water partition coefficient (Wildman–Crippen LogP) is 5.29. The van der Waals surface area contributed by atoms with E-state index in [2.05, 4.69) is 15.6 Å². The number of benzene rings is 2. The molecule has 0 atom stereocenters. The van der Waals surface area contributed by atoms with Gasteiger partial charge in [0.05, 0.1) is 5.02 Å². The number of rotatable bonds is 6. The minimum atomic E-state index is -0.284. The Kier molecular flexibility index (Phi) is 6.52. The van der Waals surface area contributed by atoms with Crippen molar-refractivity contribution in [1.29, 1.82) is 0 Å². The molecule has 3 rings (SSSR count). The van der Waals surface area contributed by atoms with Gasteiger partial charge in [-0.1, -0.05) is 47.5 Å². The van der Waals surface area contributed by atoms with Crippen molar-refractivity contribution < 1.29 is 9.53 Å². The van der Waals surface area contributed by atoms with Crippen molar-refractivity contribution in [2.45, 2.75) is 13.2 Å². The van der Waals surface area contributed by atoms with Crippen LogP contribution in [0.1, 0.15) is 11.1 Å². The first kappa shape index (κ1) is 19.0. The van der Waals surface area contributed by atoms with Gasteiger partial charge in [0.2, 0.25) is 0 Å². The first-order valence-electron chi connectivity index (χ1n) is 8.21. The van der Waals surface area contributed by atoms with Gasteiger partial charge in [-0.3, -0.25) is 4.98 Å².